The highest BCUT2D eigenvalue weighted by molar-refractivity contribution is 4.69. The number of hydrogen-bond acceptors (Lipinski definition) is 1. The van der Waals surface area contributed by atoms with Gasteiger partial charge in [0.25, 0.3) is 0 Å². The molecule has 0 saturated carbocycles. The van der Waals surface area contributed by atoms with Crippen LogP contribution in [0, 0.1) is 11.8 Å². The Morgan fingerprint density at radius 1 is 1.18 bits per heavy atom. The lowest BCUT2D eigenvalue weighted by atomic mass is 9.86. The maximum atomic E-state index is 9.68. The van der Waals surface area contributed by atoms with Crippen molar-refractivity contribution in [3.8, 4) is 0 Å². The molecule has 1 unspecified atom stereocenters. The largest absolute Gasteiger partial charge is 0.393 e. The molecule has 0 aromatic heterocycles. The SMILES string of the molecule is CCCC(O)[C@H](CC)C(C)C. The molecular formula is C10H22O. The Kier molecular flexibility index (Phi) is 5.57. The van der Waals surface area contributed by atoms with E-state index in [-0.39, 0.29) is 6.10 Å². The Balaban J connectivity index is 3.81. The molecule has 2 atom stereocenters. The third kappa shape index (κ3) is 3.76. The summed E-state index contributed by atoms with van der Waals surface area (Å²) in [4.78, 5) is 0. The van der Waals surface area contributed by atoms with Gasteiger partial charge in [0.1, 0.15) is 0 Å². The van der Waals surface area contributed by atoms with Gasteiger partial charge in [-0.3, -0.25) is 0 Å². The van der Waals surface area contributed by atoms with E-state index in [1.165, 1.54) is 0 Å². The molecule has 0 aromatic rings. The smallest absolute Gasteiger partial charge is 0.0570 e. The fourth-order valence-electron chi connectivity index (χ4n) is 1.70. The van der Waals surface area contributed by atoms with Crippen molar-refractivity contribution in [2.75, 3.05) is 0 Å². The summed E-state index contributed by atoms with van der Waals surface area (Å²) >= 11 is 0. The van der Waals surface area contributed by atoms with Gasteiger partial charge in [-0.05, 0) is 18.3 Å². The second kappa shape index (κ2) is 5.59. The van der Waals surface area contributed by atoms with Crippen LogP contribution in [0.4, 0.5) is 0 Å². The highest BCUT2D eigenvalue weighted by Gasteiger charge is 2.19. The summed E-state index contributed by atoms with van der Waals surface area (Å²) in [5, 5.41) is 9.68. The van der Waals surface area contributed by atoms with Gasteiger partial charge in [0.05, 0.1) is 6.10 Å². The van der Waals surface area contributed by atoms with Crippen molar-refractivity contribution in [2.45, 2.75) is 53.1 Å². The molecule has 0 aliphatic carbocycles. The van der Waals surface area contributed by atoms with Gasteiger partial charge in [0, 0.05) is 0 Å². The van der Waals surface area contributed by atoms with Crippen molar-refractivity contribution in [1.29, 1.82) is 0 Å². The van der Waals surface area contributed by atoms with Crippen LogP contribution >= 0.6 is 0 Å². The fourth-order valence-corrected chi connectivity index (χ4v) is 1.70. The Hall–Kier alpha value is -0.0400. The Labute approximate surface area is 70.8 Å². The zero-order valence-electron chi connectivity index (χ0n) is 8.30. The number of aliphatic hydroxyl groups excluding tert-OH is 1. The molecule has 0 rings (SSSR count). The predicted molar refractivity (Wildman–Crippen MR) is 49.5 cm³/mol. The molecule has 0 saturated heterocycles. The van der Waals surface area contributed by atoms with Gasteiger partial charge in [-0.2, -0.15) is 0 Å². The Morgan fingerprint density at radius 2 is 1.73 bits per heavy atom. The first kappa shape index (κ1) is 11.0. The molecule has 0 radical (unpaired) electrons. The molecule has 1 heteroatoms. The van der Waals surface area contributed by atoms with Crippen molar-refractivity contribution in [3.05, 3.63) is 0 Å². The van der Waals surface area contributed by atoms with E-state index in [1.807, 2.05) is 0 Å². The van der Waals surface area contributed by atoms with Gasteiger partial charge in [-0.25, -0.2) is 0 Å². The molecule has 0 aliphatic rings. The summed E-state index contributed by atoms with van der Waals surface area (Å²) in [5.74, 6) is 1.11. The lowest BCUT2D eigenvalue weighted by Crippen LogP contribution is -2.24. The lowest BCUT2D eigenvalue weighted by Gasteiger charge is -2.24. The second-order valence-electron chi connectivity index (χ2n) is 3.67. The molecule has 0 amide bonds. The third-order valence-electron chi connectivity index (χ3n) is 2.41. The first-order valence-electron chi connectivity index (χ1n) is 4.81. The lowest BCUT2D eigenvalue weighted by molar-refractivity contribution is 0.0708. The summed E-state index contributed by atoms with van der Waals surface area (Å²) in [5.41, 5.74) is 0. The topological polar surface area (TPSA) is 20.2 Å². The van der Waals surface area contributed by atoms with Gasteiger partial charge in [-0.1, -0.05) is 40.5 Å². The van der Waals surface area contributed by atoms with Crippen LogP contribution < -0.4 is 0 Å². The molecule has 0 aliphatic heterocycles. The zero-order valence-corrected chi connectivity index (χ0v) is 8.30. The molecule has 0 aromatic carbocycles. The third-order valence-corrected chi connectivity index (χ3v) is 2.41. The summed E-state index contributed by atoms with van der Waals surface area (Å²) in [7, 11) is 0. The van der Waals surface area contributed by atoms with Crippen molar-refractivity contribution >= 4 is 0 Å². The Morgan fingerprint density at radius 3 is 2.00 bits per heavy atom. The van der Waals surface area contributed by atoms with E-state index in [2.05, 4.69) is 27.7 Å². The molecule has 1 nitrogen and oxygen atoms in total. The minimum atomic E-state index is -0.0787. The molecule has 0 spiro atoms. The van der Waals surface area contributed by atoms with E-state index >= 15 is 0 Å². The van der Waals surface area contributed by atoms with E-state index in [9.17, 15) is 5.11 Å². The number of hydrogen-bond donors (Lipinski definition) is 1. The maximum absolute atomic E-state index is 9.68. The van der Waals surface area contributed by atoms with Crippen molar-refractivity contribution in [2.24, 2.45) is 11.8 Å². The standard InChI is InChI=1S/C10H22O/c1-5-7-10(11)9(6-2)8(3)4/h8-11H,5-7H2,1-4H3/t9-,10?/m1/s1. The molecular weight excluding hydrogens is 136 g/mol. The van der Waals surface area contributed by atoms with Crippen molar-refractivity contribution in [1.82, 2.24) is 0 Å². The molecule has 0 bridgehead atoms. The summed E-state index contributed by atoms with van der Waals surface area (Å²) < 4.78 is 0. The van der Waals surface area contributed by atoms with Crippen molar-refractivity contribution in [3.63, 3.8) is 0 Å². The normalized spacial score (nSPS) is 16.9. The van der Waals surface area contributed by atoms with Crippen LogP contribution in [0.15, 0.2) is 0 Å². The van der Waals surface area contributed by atoms with E-state index in [1.54, 1.807) is 0 Å². The van der Waals surface area contributed by atoms with Gasteiger partial charge >= 0.3 is 0 Å². The van der Waals surface area contributed by atoms with Crippen LogP contribution in [0.25, 0.3) is 0 Å². The fraction of sp³-hybridized carbons (Fsp3) is 1.00. The average molecular weight is 158 g/mol. The second-order valence-corrected chi connectivity index (χ2v) is 3.67. The number of rotatable bonds is 5. The van der Waals surface area contributed by atoms with Gasteiger partial charge in [-0.15, -0.1) is 0 Å². The minimum Gasteiger partial charge on any atom is -0.393 e. The molecule has 1 N–H and O–H groups in total. The zero-order chi connectivity index (χ0) is 8.85. The van der Waals surface area contributed by atoms with Crippen LogP contribution in [-0.2, 0) is 0 Å². The monoisotopic (exact) mass is 158 g/mol. The summed E-state index contributed by atoms with van der Waals surface area (Å²) in [6.45, 7) is 8.65. The van der Waals surface area contributed by atoms with E-state index in [0.717, 1.165) is 19.3 Å². The van der Waals surface area contributed by atoms with Gasteiger partial charge in [0.2, 0.25) is 0 Å². The average Bonchev–Trinajstić information content (AvgIpc) is 1.88. The van der Waals surface area contributed by atoms with Crippen LogP contribution in [0.3, 0.4) is 0 Å². The van der Waals surface area contributed by atoms with Crippen LogP contribution in [0.1, 0.15) is 47.0 Å². The van der Waals surface area contributed by atoms with Crippen LogP contribution in [0.2, 0.25) is 0 Å². The van der Waals surface area contributed by atoms with E-state index in [0.29, 0.717) is 11.8 Å². The van der Waals surface area contributed by atoms with Gasteiger partial charge in [0.15, 0.2) is 0 Å². The summed E-state index contributed by atoms with van der Waals surface area (Å²) in [6.07, 6.45) is 3.06. The predicted octanol–water partition coefficient (Wildman–Crippen LogP) is 2.83. The van der Waals surface area contributed by atoms with E-state index < -0.39 is 0 Å². The quantitative estimate of drug-likeness (QED) is 0.652. The van der Waals surface area contributed by atoms with E-state index in [4.69, 9.17) is 0 Å². The first-order valence-corrected chi connectivity index (χ1v) is 4.81. The Bertz CT molecular complexity index is 88.9. The van der Waals surface area contributed by atoms with Crippen molar-refractivity contribution < 1.29 is 5.11 Å². The van der Waals surface area contributed by atoms with Gasteiger partial charge < -0.3 is 5.11 Å². The molecule has 11 heavy (non-hydrogen) atoms. The van der Waals surface area contributed by atoms with Crippen LogP contribution in [0.5, 0.6) is 0 Å². The maximum Gasteiger partial charge on any atom is 0.0570 e. The molecule has 0 fully saturated rings. The summed E-state index contributed by atoms with van der Waals surface area (Å²) in [6, 6.07) is 0. The molecule has 0 heterocycles. The number of aliphatic hydroxyl groups is 1. The minimum absolute atomic E-state index is 0.0787. The molecule has 68 valence electrons. The first-order chi connectivity index (χ1) is 5.13. The highest BCUT2D eigenvalue weighted by atomic mass is 16.3. The van der Waals surface area contributed by atoms with Crippen LogP contribution in [-0.4, -0.2) is 11.2 Å². The highest BCUT2D eigenvalue weighted by Crippen LogP contribution is 2.21.